The molecule has 7 nitrogen and oxygen atoms in total. The molecule has 0 unspecified atom stereocenters. The average Bonchev–Trinajstić information content (AvgIpc) is 2.54. The second-order valence-electron chi connectivity index (χ2n) is 5.87. The van der Waals surface area contributed by atoms with E-state index in [1.54, 1.807) is 12.1 Å². The predicted molar refractivity (Wildman–Crippen MR) is 84.5 cm³/mol. The first-order chi connectivity index (χ1) is 10.9. The van der Waals surface area contributed by atoms with Crippen LogP contribution in [0.1, 0.15) is 18.4 Å². The quantitative estimate of drug-likeness (QED) is 0.733. The van der Waals surface area contributed by atoms with Gasteiger partial charge in [0.1, 0.15) is 0 Å². The van der Waals surface area contributed by atoms with Gasteiger partial charge in [0.2, 0.25) is 0 Å². The molecule has 0 bridgehead atoms. The standard InChI is InChI=1S/C15H22N2O5S/c1-12-2-4-13(5-3-12)23(20,21)17-14(19)16-10-15(11-18)6-8-22-9-7-15/h2-5,18H,6-11H2,1H3,(H2,16,17,19). The molecule has 1 aromatic rings. The number of hydrogen-bond donors (Lipinski definition) is 3. The van der Waals surface area contributed by atoms with Crippen molar-refractivity contribution in [3.63, 3.8) is 0 Å². The van der Waals surface area contributed by atoms with Crippen molar-refractivity contribution in [1.29, 1.82) is 0 Å². The molecule has 1 aromatic carbocycles. The molecular formula is C15H22N2O5S. The molecule has 1 heterocycles. The number of aliphatic hydroxyl groups excluding tert-OH is 1. The van der Waals surface area contributed by atoms with Gasteiger partial charge in [0, 0.05) is 25.2 Å². The molecule has 0 saturated carbocycles. The Morgan fingerprint density at radius 2 is 1.87 bits per heavy atom. The van der Waals surface area contributed by atoms with Gasteiger partial charge >= 0.3 is 6.03 Å². The maximum absolute atomic E-state index is 12.1. The van der Waals surface area contributed by atoms with Gasteiger partial charge in [-0.05, 0) is 31.9 Å². The smallest absolute Gasteiger partial charge is 0.328 e. The number of aryl methyl sites for hydroxylation is 1. The zero-order chi connectivity index (χ0) is 16.9. The van der Waals surface area contributed by atoms with Crippen molar-refractivity contribution in [2.45, 2.75) is 24.7 Å². The number of amides is 2. The summed E-state index contributed by atoms with van der Waals surface area (Å²) in [5, 5.41) is 12.1. The van der Waals surface area contributed by atoms with E-state index in [2.05, 4.69) is 5.32 Å². The molecule has 8 heteroatoms. The Morgan fingerprint density at radius 3 is 2.43 bits per heavy atom. The van der Waals surface area contributed by atoms with Crippen molar-refractivity contribution in [3.05, 3.63) is 29.8 Å². The van der Waals surface area contributed by atoms with Crippen LogP contribution < -0.4 is 10.0 Å². The summed E-state index contributed by atoms with van der Waals surface area (Å²) >= 11 is 0. The highest BCUT2D eigenvalue weighted by atomic mass is 32.2. The van der Waals surface area contributed by atoms with Crippen LogP contribution in [0, 0.1) is 12.3 Å². The Bertz CT molecular complexity index is 636. The fourth-order valence-corrected chi connectivity index (χ4v) is 3.33. The van der Waals surface area contributed by atoms with Crippen molar-refractivity contribution in [3.8, 4) is 0 Å². The Morgan fingerprint density at radius 1 is 1.26 bits per heavy atom. The maximum Gasteiger partial charge on any atom is 0.328 e. The van der Waals surface area contributed by atoms with E-state index in [0.29, 0.717) is 26.1 Å². The lowest BCUT2D eigenvalue weighted by molar-refractivity contribution is -0.0138. The van der Waals surface area contributed by atoms with Gasteiger partial charge in [-0.3, -0.25) is 0 Å². The number of urea groups is 1. The van der Waals surface area contributed by atoms with Gasteiger partial charge in [0.05, 0.1) is 11.5 Å². The second kappa shape index (κ2) is 7.29. The fraction of sp³-hybridized carbons (Fsp3) is 0.533. The molecule has 1 aliphatic rings. The molecule has 3 N–H and O–H groups in total. The number of benzene rings is 1. The topological polar surface area (TPSA) is 105 Å². The molecule has 2 amide bonds. The lowest BCUT2D eigenvalue weighted by Crippen LogP contribution is -2.47. The Balaban J connectivity index is 1.94. The molecule has 0 spiro atoms. The Kier molecular flexibility index (Phi) is 5.61. The molecule has 0 atom stereocenters. The SMILES string of the molecule is Cc1ccc(S(=O)(=O)NC(=O)NCC2(CO)CCOCC2)cc1. The number of nitrogens with one attached hydrogen (secondary N) is 2. The lowest BCUT2D eigenvalue weighted by atomic mass is 9.81. The van der Waals surface area contributed by atoms with Crippen LogP contribution in [0.2, 0.25) is 0 Å². The van der Waals surface area contributed by atoms with Crippen LogP contribution in [0.15, 0.2) is 29.2 Å². The second-order valence-corrected chi connectivity index (χ2v) is 7.55. The van der Waals surface area contributed by atoms with Crippen LogP contribution in [0.4, 0.5) is 4.79 Å². The van der Waals surface area contributed by atoms with Crippen molar-refractivity contribution in [1.82, 2.24) is 10.0 Å². The summed E-state index contributed by atoms with van der Waals surface area (Å²) in [6.07, 6.45) is 1.24. The van der Waals surface area contributed by atoms with Gasteiger partial charge in [0.25, 0.3) is 10.0 Å². The minimum atomic E-state index is -3.90. The molecule has 23 heavy (non-hydrogen) atoms. The van der Waals surface area contributed by atoms with E-state index in [4.69, 9.17) is 4.74 Å². The molecule has 128 valence electrons. The first-order valence-electron chi connectivity index (χ1n) is 7.43. The molecular weight excluding hydrogens is 320 g/mol. The van der Waals surface area contributed by atoms with Gasteiger partial charge in [-0.1, -0.05) is 17.7 Å². The first-order valence-corrected chi connectivity index (χ1v) is 8.91. The van der Waals surface area contributed by atoms with E-state index >= 15 is 0 Å². The van der Waals surface area contributed by atoms with E-state index in [0.717, 1.165) is 5.56 Å². The van der Waals surface area contributed by atoms with Gasteiger partial charge in [-0.25, -0.2) is 17.9 Å². The van der Waals surface area contributed by atoms with E-state index in [9.17, 15) is 18.3 Å². The van der Waals surface area contributed by atoms with Crippen LogP contribution >= 0.6 is 0 Å². The number of rotatable bonds is 5. The van der Waals surface area contributed by atoms with Crippen LogP contribution in [0.5, 0.6) is 0 Å². The monoisotopic (exact) mass is 342 g/mol. The van der Waals surface area contributed by atoms with Gasteiger partial charge in [0.15, 0.2) is 0 Å². The number of carbonyl (C=O) groups is 1. The molecule has 0 radical (unpaired) electrons. The predicted octanol–water partition coefficient (Wildman–Crippen LogP) is 0.772. The summed E-state index contributed by atoms with van der Waals surface area (Å²) < 4.78 is 31.5. The van der Waals surface area contributed by atoms with E-state index < -0.39 is 21.5 Å². The summed E-state index contributed by atoms with van der Waals surface area (Å²) in [4.78, 5) is 11.9. The number of ether oxygens (including phenoxy) is 1. The van der Waals surface area contributed by atoms with Crippen LogP contribution in [-0.2, 0) is 14.8 Å². The lowest BCUT2D eigenvalue weighted by Gasteiger charge is -2.35. The number of sulfonamides is 1. The number of carbonyl (C=O) groups excluding carboxylic acids is 1. The average molecular weight is 342 g/mol. The minimum absolute atomic E-state index is 0.0289. The summed E-state index contributed by atoms with van der Waals surface area (Å²) in [5.41, 5.74) is 0.473. The zero-order valence-electron chi connectivity index (χ0n) is 13.0. The normalized spacial score (nSPS) is 17.5. The third-order valence-corrected chi connectivity index (χ3v) is 5.42. The van der Waals surface area contributed by atoms with Crippen molar-refractivity contribution in [2.75, 3.05) is 26.4 Å². The van der Waals surface area contributed by atoms with E-state index in [1.165, 1.54) is 12.1 Å². The largest absolute Gasteiger partial charge is 0.396 e. The Hall–Kier alpha value is -1.64. The molecule has 1 fully saturated rings. The summed E-state index contributed by atoms with van der Waals surface area (Å²) in [6.45, 7) is 3.00. The molecule has 1 saturated heterocycles. The summed E-state index contributed by atoms with van der Waals surface area (Å²) in [7, 11) is -3.90. The van der Waals surface area contributed by atoms with Crippen LogP contribution in [0.3, 0.4) is 0 Å². The third-order valence-electron chi connectivity index (χ3n) is 4.07. The minimum Gasteiger partial charge on any atom is -0.396 e. The summed E-state index contributed by atoms with van der Waals surface area (Å²) in [6, 6.07) is 5.41. The zero-order valence-corrected chi connectivity index (χ0v) is 13.9. The Labute approximate surface area is 136 Å². The molecule has 2 rings (SSSR count). The van der Waals surface area contributed by atoms with Crippen LogP contribution in [-0.4, -0.2) is 45.9 Å². The highest BCUT2D eigenvalue weighted by molar-refractivity contribution is 7.90. The van der Waals surface area contributed by atoms with Gasteiger partial charge in [-0.15, -0.1) is 0 Å². The van der Waals surface area contributed by atoms with Crippen LogP contribution in [0.25, 0.3) is 0 Å². The van der Waals surface area contributed by atoms with Crippen molar-refractivity contribution in [2.24, 2.45) is 5.41 Å². The highest BCUT2D eigenvalue weighted by Gasteiger charge is 2.32. The molecule has 0 aliphatic carbocycles. The highest BCUT2D eigenvalue weighted by Crippen LogP contribution is 2.28. The third kappa shape index (κ3) is 4.66. The van der Waals surface area contributed by atoms with Gasteiger partial charge < -0.3 is 15.2 Å². The summed E-state index contributed by atoms with van der Waals surface area (Å²) in [5.74, 6) is 0. The van der Waals surface area contributed by atoms with E-state index in [-0.39, 0.29) is 18.0 Å². The fourth-order valence-electron chi connectivity index (χ4n) is 2.40. The number of hydrogen-bond acceptors (Lipinski definition) is 5. The number of aliphatic hydroxyl groups is 1. The van der Waals surface area contributed by atoms with Crippen molar-refractivity contribution >= 4 is 16.1 Å². The van der Waals surface area contributed by atoms with Gasteiger partial charge in [-0.2, -0.15) is 0 Å². The molecule has 0 aromatic heterocycles. The van der Waals surface area contributed by atoms with E-state index in [1.807, 2.05) is 11.6 Å². The first kappa shape index (κ1) is 17.7. The maximum atomic E-state index is 12.1. The molecule has 1 aliphatic heterocycles. The van der Waals surface area contributed by atoms with Crippen molar-refractivity contribution < 1.29 is 23.1 Å².